The van der Waals surface area contributed by atoms with Gasteiger partial charge in [-0.3, -0.25) is 14.6 Å². The highest BCUT2D eigenvalue weighted by atomic mass is 16.5. The number of methoxy groups -OCH3 is 1. The van der Waals surface area contributed by atoms with E-state index in [1.165, 1.54) is 29.4 Å². The maximum absolute atomic E-state index is 12.3. The summed E-state index contributed by atoms with van der Waals surface area (Å²) in [6.07, 6.45) is 5.07. The average molecular weight is 431 g/mol. The van der Waals surface area contributed by atoms with E-state index in [9.17, 15) is 4.79 Å². The highest BCUT2D eigenvalue weighted by molar-refractivity contribution is 5.97. The maximum atomic E-state index is 12.3. The predicted molar refractivity (Wildman–Crippen MR) is 122 cm³/mol. The number of amides is 1. The van der Waals surface area contributed by atoms with Crippen LogP contribution in [-0.4, -0.2) is 44.5 Å². The second-order valence-corrected chi connectivity index (χ2v) is 8.17. The van der Waals surface area contributed by atoms with Gasteiger partial charge in [-0.25, -0.2) is 4.98 Å². The van der Waals surface area contributed by atoms with E-state index in [4.69, 9.17) is 9.72 Å². The molecule has 1 fully saturated rings. The number of hydrogen-bond donors (Lipinski definition) is 2. The number of aromatic amines is 1. The van der Waals surface area contributed by atoms with Gasteiger partial charge >= 0.3 is 0 Å². The molecule has 1 amide bonds. The summed E-state index contributed by atoms with van der Waals surface area (Å²) in [6, 6.07) is 9.70. The topological polar surface area (TPSA) is 97.7 Å². The first-order valence-corrected chi connectivity index (χ1v) is 10.9. The molecule has 32 heavy (non-hydrogen) atoms. The summed E-state index contributed by atoms with van der Waals surface area (Å²) in [5.41, 5.74) is 5.04. The molecule has 8 heteroatoms. The van der Waals surface area contributed by atoms with Gasteiger partial charge in [0.25, 0.3) is 5.91 Å². The van der Waals surface area contributed by atoms with Crippen molar-refractivity contribution < 1.29 is 9.53 Å². The van der Waals surface area contributed by atoms with Crippen LogP contribution in [0.15, 0.2) is 36.5 Å². The predicted octanol–water partition coefficient (Wildman–Crippen LogP) is 3.58. The van der Waals surface area contributed by atoms with Gasteiger partial charge in [0.15, 0.2) is 5.82 Å². The van der Waals surface area contributed by atoms with Gasteiger partial charge < -0.3 is 10.1 Å². The number of carbonyl (C=O) groups excluding carboxylic acids is 1. The Balaban J connectivity index is 1.47. The van der Waals surface area contributed by atoms with E-state index >= 15 is 0 Å². The molecule has 0 aliphatic heterocycles. The third-order valence-electron chi connectivity index (χ3n) is 5.99. The molecule has 2 aromatic heterocycles. The van der Waals surface area contributed by atoms with Crippen LogP contribution >= 0.6 is 0 Å². The molecule has 8 nitrogen and oxygen atoms in total. The molecule has 4 aromatic rings. The normalized spacial score (nSPS) is 13.5. The molecule has 2 N–H and O–H groups in total. The first-order chi connectivity index (χ1) is 15.6. The number of ether oxygens (including phenoxy) is 1. The highest BCUT2D eigenvalue weighted by Gasteiger charge is 2.29. The lowest BCUT2D eigenvalue weighted by atomic mass is 9.96. The van der Waals surface area contributed by atoms with Crippen molar-refractivity contribution in [2.24, 2.45) is 7.05 Å². The molecule has 0 atom stereocenters. The van der Waals surface area contributed by atoms with Gasteiger partial charge in [-0.15, -0.1) is 0 Å². The van der Waals surface area contributed by atoms with Gasteiger partial charge in [-0.1, -0.05) is 12.1 Å². The van der Waals surface area contributed by atoms with Crippen LogP contribution in [0.1, 0.15) is 53.0 Å². The second-order valence-electron chi connectivity index (χ2n) is 8.17. The Morgan fingerprint density at radius 1 is 1.28 bits per heavy atom. The van der Waals surface area contributed by atoms with Gasteiger partial charge in [0.2, 0.25) is 0 Å². The monoisotopic (exact) mass is 430 g/mol. The first kappa shape index (κ1) is 20.2. The van der Waals surface area contributed by atoms with E-state index in [2.05, 4.69) is 32.7 Å². The van der Waals surface area contributed by atoms with Crippen molar-refractivity contribution in [3.63, 3.8) is 0 Å². The molecular weight excluding hydrogens is 404 g/mol. The van der Waals surface area contributed by atoms with E-state index in [1.807, 2.05) is 37.0 Å². The number of benzene rings is 2. The van der Waals surface area contributed by atoms with Crippen molar-refractivity contribution in [2.75, 3.05) is 13.7 Å². The molecule has 0 bridgehead atoms. The lowest BCUT2D eigenvalue weighted by molar-refractivity contribution is 0.0953. The van der Waals surface area contributed by atoms with Gasteiger partial charge in [-0.05, 0) is 55.0 Å². The molecule has 0 saturated heterocycles. The molecule has 2 heterocycles. The Morgan fingerprint density at radius 2 is 2.12 bits per heavy atom. The molecule has 2 aromatic carbocycles. The zero-order valence-electron chi connectivity index (χ0n) is 18.5. The minimum atomic E-state index is -0.159. The van der Waals surface area contributed by atoms with E-state index in [0.29, 0.717) is 36.0 Å². The number of nitrogens with zero attached hydrogens (tertiary/aromatic N) is 4. The van der Waals surface area contributed by atoms with Gasteiger partial charge in [0.1, 0.15) is 11.6 Å². The average Bonchev–Trinajstić information content (AvgIpc) is 3.41. The summed E-state index contributed by atoms with van der Waals surface area (Å²) in [4.78, 5) is 17.1. The number of aryl methyl sites for hydroxylation is 1. The van der Waals surface area contributed by atoms with Crippen LogP contribution in [0.4, 0.5) is 0 Å². The van der Waals surface area contributed by atoms with Gasteiger partial charge in [0, 0.05) is 31.0 Å². The quantitative estimate of drug-likeness (QED) is 0.467. The third kappa shape index (κ3) is 3.62. The number of aromatic nitrogens is 5. The Kier molecular flexibility index (Phi) is 5.13. The van der Waals surface area contributed by atoms with Crippen LogP contribution in [0.2, 0.25) is 0 Å². The van der Waals surface area contributed by atoms with Gasteiger partial charge in [0.05, 0.1) is 24.4 Å². The molecule has 0 unspecified atom stereocenters. The minimum Gasteiger partial charge on any atom is -0.496 e. The van der Waals surface area contributed by atoms with Crippen LogP contribution in [-0.2, 0) is 13.5 Å². The van der Waals surface area contributed by atoms with E-state index in [1.54, 1.807) is 13.2 Å². The number of nitrogens with one attached hydrogen (secondary N) is 2. The van der Waals surface area contributed by atoms with Crippen LogP contribution < -0.4 is 10.1 Å². The van der Waals surface area contributed by atoms with Gasteiger partial charge in [-0.2, -0.15) is 10.2 Å². The summed E-state index contributed by atoms with van der Waals surface area (Å²) in [5.74, 6) is 2.44. The van der Waals surface area contributed by atoms with Crippen molar-refractivity contribution in [1.29, 1.82) is 0 Å². The standard InChI is InChI=1S/C24H26N6O2/c1-4-25-24(31)17-9-7-16(11-20(17)32-3)23-27-21(30(2)29-23)12-15-8-10-19-18(13-26-28-19)22(15)14-5-6-14/h7-11,13-14H,4-6,12H2,1-3H3,(H,25,31)(H,26,28). The summed E-state index contributed by atoms with van der Waals surface area (Å²) >= 11 is 0. The molecule has 164 valence electrons. The Labute approximate surface area is 186 Å². The zero-order chi connectivity index (χ0) is 22.2. The number of H-pyrrole nitrogens is 1. The van der Waals surface area contributed by atoms with Crippen LogP contribution in [0, 0.1) is 0 Å². The van der Waals surface area contributed by atoms with E-state index in [-0.39, 0.29) is 5.91 Å². The van der Waals surface area contributed by atoms with Crippen molar-refractivity contribution in [3.8, 4) is 17.1 Å². The molecule has 0 spiro atoms. The highest BCUT2D eigenvalue weighted by Crippen LogP contribution is 2.45. The molecule has 1 saturated carbocycles. The fourth-order valence-electron chi connectivity index (χ4n) is 4.23. The van der Waals surface area contributed by atoms with E-state index in [0.717, 1.165) is 16.9 Å². The Hall–Kier alpha value is -3.68. The number of hydrogen-bond acceptors (Lipinski definition) is 5. The Bertz CT molecular complexity index is 1300. The summed E-state index contributed by atoms with van der Waals surface area (Å²) < 4.78 is 7.29. The van der Waals surface area contributed by atoms with Crippen molar-refractivity contribution >= 4 is 16.8 Å². The number of carbonyl (C=O) groups is 1. The lowest BCUT2D eigenvalue weighted by Crippen LogP contribution is -2.23. The van der Waals surface area contributed by atoms with Crippen LogP contribution in [0.25, 0.3) is 22.3 Å². The zero-order valence-corrected chi connectivity index (χ0v) is 18.5. The largest absolute Gasteiger partial charge is 0.496 e. The van der Waals surface area contributed by atoms with Crippen molar-refractivity contribution in [1.82, 2.24) is 30.3 Å². The molecule has 1 aliphatic carbocycles. The minimum absolute atomic E-state index is 0.159. The van der Waals surface area contributed by atoms with Crippen LogP contribution in [0.3, 0.4) is 0 Å². The summed E-state index contributed by atoms with van der Waals surface area (Å²) in [6.45, 7) is 2.44. The third-order valence-corrected chi connectivity index (χ3v) is 5.99. The Morgan fingerprint density at radius 3 is 2.88 bits per heavy atom. The SMILES string of the molecule is CCNC(=O)c1ccc(-c2nc(Cc3ccc4[nH]ncc4c3C3CC3)n(C)n2)cc1OC. The molecule has 0 radical (unpaired) electrons. The number of rotatable bonds is 7. The fraction of sp³-hybridized carbons (Fsp3) is 0.333. The molecule has 5 rings (SSSR count). The maximum Gasteiger partial charge on any atom is 0.255 e. The second kappa shape index (κ2) is 8.11. The lowest BCUT2D eigenvalue weighted by Gasteiger charge is -2.10. The van der Waals surface area contributed by atoms with Crippen molar-refractivity contribution in [2.45, 2.75) is 32.1 Å². The van der Waals surface area contributed by atoms with Crippen molar-refractivity contribution in [3.05, 3.63) is 59.0 Å². The van der Waals surface area contributed by atoms with E-state index < -0.39 is 0 Å². The number of fused-ring (bicyclic) bond motifs is 1. The fourth-order valence-corrected chi connectivity index (χ4v) is 4.23. The smallest absolute Gasteiger partial charge is 0.255 e. The molecule has 1 aliphatic rings. The molecular formula is C24H26N6O2. The van der Waals surface area contributed by atoms with Crippen LogP contribution in [0.5, 0.6) is 5.75 Å². The first-order valence-electron chi connectivity index (χ1n) is 10.9. The summed E-state index contributed by atoms with van der Waals surface area (Å²) in [7, 11) is 3.48. The summed E-state index contributed by atoms with van der Waals surface area (Å²) in [5, 5.41) is 16.0.